The zero-order chi connectivity index (χ0) is 18.5. The van der Waals surface area contributed by atoms with Crippen LogP contribution in [0.15, 0.2) is 48.5 Å². The minimum atomic E-state index is -0.387. The van der Waals surface area contributed by atoms with Crippen molar-refractivity contribution < 1.29 is 14.6 Å². The van der Waals surface area contributed by atoms with E-state index in [1.807, 2.05) is 6.07 Å². The minimum absolute atomic E-state index is 0.00530. The summed E-state index contributed by atoms with van der Waals surface area (Å²) in [7, 11) is 0. The number of anilines is 1. The number of carbonyl (C=O) groups excluding carboxylic acids is 1. The lowest BCUT2D eigenvalue weighted by Gasteiger charge is -2.33. The summed E-state index contributed by atoms with van der Waals surface area (Å²) in [4.78, 5) is 27.4. The maximum absolute atomic E-state index is 12.6. The molecule has 6 heteroatoms. The molecule has 1 N–H and O–H groups in total. The monoisotopic (exact) mass is 354 g/mol. The summed E-state index contributed by atoms with van der Waals surface area (Å²) in [5, 5.41) is 11.6. The van der Waals surface area contributed by atoms with Crippen LogP contribution in [-0.4, -0.2) is 43.4 Å². The van der Waals surface area contributed by atoms with E-state index in [1.165, 1.54) is 6.07 Å². The smallest absolute Gasteiger partial charge is 0.293 e. The van der Waals surface area contributed by atoms with Crippen molar-refractivity contribution in [3.8, 4) is 0 Å². The molecule has 2 aromatic carbocycles. The van der Waals surface area contributed by atoms with Crippen LogP contribution in [0.2, 0.25) is 0 Å². The number of nitrogens with one attached hydrogen (secondary N) is 1. The SMILES string of the molecule is CCC[NH+]1CCN(c2ccc(C(=O)c3ccccc3)cc2[N+](=O)[O-])CC1. The normalized spacial score (nSPS) is 15.0. The molecule has 0 aromatic heterocycles. The predicted octanol–water partition coefficient (Wildman–Crippen LogP) is 1.94. The summed E-state index contributed by atoms with van der Waals surface area (Å²) in [5.74, 6) is -0.197. The fourth-order valence-electron chi connectivity index (χ4n) is 3.50. The van der Waals surface area contributed by atoms with Gasteiger partial charge in [-0.3, -0.25) is 14.9 Å². The Labute approximate surface area is 153 Å². The van der Waals surface area contributed by atoms with E-state index in [9.17, 15) is 14.9 Å². The molecule has 1 aliphatic heterocycles. The van der Waals surface area contributed by atoms with Gasteiger partial charge in [-0.1, -0.05) is 37.3 Å². The largest absolute Gasteiger partial charge is 0.355 e. The van der Waals surface area contributed by atoms with E-state index >= 15 is 0 Å². The van der Waals surface area contributed by atoms with Gasteiger partial charge in [0, 0.05) is 17.2 Å². The quantitative estimate of drug-likeness (QED) is 0.489. The molecular weight excluding hydrogens is 330 g/mol. The van der Waals surface area contributed by atoms with Crippen LogP contribution in [0.1, 0.15) is 29.3 Å². The number of nitro benzene ring substituents is 1. The van der Waals surface area contributed by atoms with Gasteiger partial charge < -0.3 is 9.80 Å². The first kappa shape index (κ1) is 18.1. The summed E-state index contributed by atoms with van der Waals surface area (Å²) in [6, 6.07) is 13.7. The zero-order valence-electron chi connectivity index (χ0n) is 15.0. The maximum atomic E-state index is 12.6. The summed E-state index contributed by atoms with van der Waals surface area (Å²) in [6.07, 6.45) is 1.14. The first-order valence-corrected chi connectivity index (χ1v) is 9.07. The van der Waals surface area contributed by atoms with Crippen molar-refractivity contribution in [1.82, 2.24) is 0 Å². The molecule has 3 rings (SSSR count). The molecule has 0 amide bonds. The van der Waals surface area contributed by atoms with Gasteiger partial charge >= 0.3 is 0 Å². The van der Waals surface area contributed by atoms with Gasteiger partial charge in [-0.25, -0.2) is 0 Å². The number of benzene rings is 2. The Kier molecular flexibility index (Phi) is 5.63. The van der Waals surface area contributed by atoms with Crippen molar-refractivity contribution in [2.24, 2.45) is 0 Å². The summed E-state index contributed by atoms with van der Waals surface area (Å²) in [6.45, 7) is 6.86. The number of ketones is 1. The molecule has 0 aliphatic carbocycles. The van der Waals surface area contributed by atoms with Crippen molar-refractivity contribution in [2.45, 2.75) is 13.3 Å². The van der Waals surface area contributed by atoms with Crippen LogP contribution in [0.4, 0.5) is 11.4 Å². The number of hydrogen-bond donors (Lipinski definition) is 1. The van der Waals surface area contributed by atoms with Crippen LogP contribution >= 0.6 is 0 Å². The molecule has 26 heavy (non-hydrogen) atoms. The molecule has 0 unspecified atom stereocenters. The van der Waals surface area contributed by atoms with Crippen molar-refractivity contribution in [1.29, 1.82) is 0 Å². The van der Waals surface area contributed by atoms with Gasteiger partial charge in [-0.2, -0.15) is 0 Å². The maximum Gasteiger partial charge on any atom is 0.293 e. The fraction of sp³-hybridized carbons (Fsp3) is 0.350. The topological polar surface area (TPSA) is 67.9 Å². The lowest BCUT2D eigenvalue weighted by molar-refractivity contribution is -0.900. The Balaban J connectivity index is 1.84. The van der Waals surface area contributed by atoms with Gasteiger partial charge in [0.25, 0.3) is 5.69 Å². The highest BCUT2D eigenvalue weighted by atomic mass is 16.6. The van der Waals surface area contributed by atoms with E-state index in [4.69, 9.17) is 0 Å². The highest BCUT2D eigenvalue weighted by molar-refractivity contribution is 6.09. The van der Waals surface area contributed by atoms with Gasteiger partial charge in [0.15, 0.2) is 5.78 Å². The van der Waals surface area contributed by atoms with Gasteiger partial charge in [0.1, 0.15) is 5.69 Å². The number of hydrogen-bond acceptors (Lipinski definition) is 4. The third kappa shape index (κ3) is 3.91. The molecule has 6 nitrogen and oxygen atoms in total. The number of rotatable bonds is 6. The Morgan fingerprint density at radius 3 is 2.42 bits per heavy atom. The molecule has 136 valence electrons. The first-order chi connectivity index (χ1) is 12.6. The standard InChI is InChI=1S/C20H23N3O3/c1-2-10-21-11-13-22(14-12-21)18-9-8-17(15-19(18)23(25)26)20(24)16-6-4-3-5-7-16/h3-9,15H,2,10-14H2,1H3/p+1. The Morgan fingerprint density at radius 1 is 1.12 bits per heavy atom. The minimum Gasteiger partial charge on any atom is -0.355 e. The molecule has 0 spiro atoms. The highest BCUT2D eigenvalue weighted by Gasteiger charge is 2.26. The highest BCUT2D eigenvalue weighted by Crippen LogP contribution is 2.30. The molecule has 1 aliphatic rings. The number of quaternary nitrogens is 1. The van der Waals surface area contributed by atoms with Gasteiger partial charge in [-0.15, -0.1) is 0 Å². The molecule has 0 radical (unpaired) electrons. The summed E-state index contributed by atoms with van der Waals surface area (Å²) < 4.78 is 0. The molecule has 0 bridgehead atoms. The van der Waals surface area contributed by atoms with E-state index in [2.05, 4.69) is 11.8 Å². The lowest BCUT2D eigenvalue weighted by atomic mass is 10.0. The molecule has 0 saturated carbocycles. The van der Waals surface area contributed by atoms with E-state index in [0.29, 0.717) is 16.8 Å². The third-order valence-corrected chi connectivity index (χ3v) is 4.89. The van der Waals surface area contributed by atoms with Crippen LogP contribution in [0.25, 0.3) is 0 Å². The van der Waals surface area contributed by atoms with Gasteiger partial charge in [0.05, 0.1) is 37.6 Å². The molecule has 1 fully saturated rings. The Morgan fingerprint density at radius 2 is 1.81 bits per heavy atom. The first-order valence-electron chi connectivity index (χ1n) is 9.07. The van der Waals surface area contributed by atoms with Crippen LogP contribution in [0.5, 0.6) is 0 Å². The number of carbonyl (C=O) groups is 1. The number of piperazine rings is 1. The second-order valence-electron chi connectivity index (χ2n) is 6.64. The van der Waals surface area contributed by atoms with Crippen molar-refractivity contribution in [3.63, 3.8) is 0 Å². The van der Waals surface area contributed by atoms with E-state index in [0.717, 1.165) is 39.1 Å². The lowest BCUT2D eigenvalue weighted by Crippen LogP contribution is -3.14. The Bertz CT molecular complexity index is 784. The van der Waals surface area contributed by atoms with E-state index < -0.39 is 0 Å². The fourth-order valence-corrected chi connectivity index (χ4v) is 3.50. The molecule has 2 aromatic rings. The van der Waals surface area contributed by atoms with Crippen LogP contribution in [0.3, 0.4) is 0 Å². The van der Waals surface area contributed by atoms with Gasteiger partial charge in [0.2, 0.25) is 0 Å². The molecule has 1 heterocycles. The average molecular weight is 354 g/mol. The second kappa shape index (κ2) is 8.10. The van der Waals surface area contributed by atoms with Crippen molar-refractivity contribution in [2.75, 3.05) is 37.6 Å². The van der Waals surface area contributed by atoms with Crippen LogP contribution < -0.4 is 9.80 Å². The van der Waals surface area contributed by atoms with Crippen molar-refractivity contribution >= 4 is 17.2 Å². The summed E-state index contributed by atoms with van der Waals surface area (Å²) >= 11 is 0. The van der Waals surface area contributed by atoms with E-state index in [-0.39, 0.29) is 16.4 Å². The number of nitro groups is 1. The zero-order valence-corrected chi connectivity index (χ0v) is 15.0. The molecule has 1 saturated heterocycles. The summed E-state index contributed by atoms with van der Waals surface area (Å²) in [5.41, 5.74) is 1.49. The Hall–Kier alpha value is -2.73. The second-order valence-corrected chi connectivity index (χ2v) is 6.64. The van der Waals surface area contributed by atoms with E-state index in [1.54, 1.807) is 41.3 Å². The van der Waals surface area contributed by atoms with Crippen LogP contribution in [-0.2, 0) is 0 Å². The van der Waals surface area contributed by atoms with Gasteiger partial charge in [-0.05, 0) is 18.6 Å². The molecular formula is C20H24N3O3+. The third-order valence-electron chi connectivity index (χ3n) is 4.89. The molecule has 0 atom stereocenters. The van der Waals surface area contributed by atoms with Crippen molar-refractivity contribution in [3.05, 3.63) is 69.8 Å². The predicted molar refractivity (Wildman–Crippen MR) is 101 cm³/mol. The average Bonchev–Trinajstić information content (AvgIpc) is 2.68. The number of nitrogens with zero attached hydrogens (tertiary/aromatic N) is 2. The van der Waals surface area contributed by atoms with Crippen LogP contribution in [0, 0.1) is 10.1 Å².